The van der Waals surface area contributed by atoms with E-state index in [-0.39, 0.29) is 9.90 Å². The van der Waals surface area contributed by atoms with Gasteiger partial charge < -0.3 is 0 Å². The Bertz CT molecular complexity index is 716. The van der Waals surface area contributed by atoms with Gasteiger partial charge in [-0.15, -0.1) is 0 Å². The molecule has 41 heavy (non-hydrogen) atoms. The molecule has 0 spiro atoms. The summed E-state index contributed by atoms with van der Waals surface area (Å²) in [5.74, 6) is 5.97. The summed E-state index contributed by atoms with van der Waals surface area (Å²) in [7, 11) is 0. The third kappa shape index (κ3) is 4.98. The van der Waals surface area contributed by atoms with Crippen LogP contribution >= 0.6 is 9.90 Å². The lowest BCUT2D eigenvalue weighted by molar-refractivity contribution is 0.167. The van der Waals surface area contributed by atoms with Gasteiger partial charge in [-0.25, -0.2) is 0 Å². The summed E-state index contributed by atoms with van der Waals surface area (Å²) in [6.45, 7) is 0. The number of rotatable bonds is 0. The van der Waals surface area contributed by atoms with Crippen molar-refractivity contribution in [1.29, 1.82) is 0 Å². The van der Waals surface area contributed by atoms with Gasteiger partial charge in [-0.2, -0.15) is 9.90 Å². The first-order valence-electron chi connectivity index (χ1n) is 17.9. The molecule has 0 aromatic rings. The Labute approximate surface area is 251 Å². The summed E-state index contributed by atoms with van der Waals surface area (Å²) in [5.41, 5.74) is 0. The molecule has 8 bridgehead atoms. The average Bonchev–Trinajstić information content (AvgIpc) is 3.73. The Morgan fingerprint density at radius 3 is 0.463 bits per heavy atom. The number of hydrogen-bond acceptors (Lipinski definition) is 8. The smallest absolute Gasteiger partial charge is 0.0628 e. The van der Waals surface area contributed by atoms with E-state index in [1.165, 1.54) is 103 Å². The third-order valence-corrected chi connectivity index (χ3v) is 13.8. The summed E-state index contributed by atoms with van der Waals surface area (Å²) >= 11 is 0. The summed E-state index contributed by atoms with van der Waals surface area (Å²) in [6, 6.07) is 0. The first kappa shape index (κ1) is 28.6. The predicted molar refractivity (Wildman–Crippen MR) is 168 cm³/mol. The van der Waals surface area contributed by atoms with Crippen molar-refractivity contribution >= 4 is 9.90 Å². The van der Waals surface area contributed by atoms with E-state index in [9.17, 15) is 0 Å². The van der Waals surface area contributed by atoms with Crippen molar-refractivity contribution in [3.8, 4) is 0 Å². The van der Waals surface area contributed by atoms with Crippen molar-refractivity contribution in [2.45, 2.75) is 152 Å². The van der Waals surface area contributed by atoms with Gasteiger partial charge in [-0.1, -0.05) is 51.4 Å². The first-order valence-corrected chi connectivity index (χ1v) is 17.9. The van der Waals surface area contributed by atoms with Crippen LogP contribution in [-0.4, -0.2) is 49.3 Å². The topological polar surface area (TPSA) is 96.2 Å². The molecule has 9 rings (SSSR count). The molecule has 5 heterocycles. The highest BCUT2D eigenvalue weighted by atomic mass is 31.0. The van der Waals surface area contributed by atoms with Crippen LogP contribution in [0.4, 0.5) is 0 Å². The summed E-state index contributed by atoms with van der Waals surface area (Å²) in [4.78, 5) is 0. The van der Waals surface area contributed by atoms with Gasteiger partial charge in [0.1, 0.15) is 0 Å². The Kier molecular flexibility index (Phi) is 8.22. The molecule has 9 fully saturated rings. The first-order chi connectivity index (χ1) is 19.8. The molecule has 9 atom stereocenters. The van der Waals surface area contributed by atoms with Crippen LogP contribution in [0.25, 0.3) is 0 Å². The monoisotopic (exact) mass is 586 g/mol. The summed E-state index contributed by atoms with van der Waals surface area (Å²) < 4.78 is 0. The van der Waals surface area contributed by atoms with E-state index in [0.29, 0.717) is 49.3 Å². The fraction of sp³-hybridized carbons (Fsp3) is 1.00. The van der Waals surface area contributed by atoms with E-state index < -0.39 is 0 Å². The normalized spacial score (nSPS) is 56.2. The molecule has 0 radical (unpaired) electrons. The van der Waals surface area contributed by atoms with Gasteiger partial charge in [0.25, 0.3) is 0 Å². The van der Waals surface area contributed by atoms with E-state index in [0.717, 1.165) is 47.3 Å². The van der Waals surface area contributed by atoms with Crippen LogP contribution in [0.3, 0.4) is 0 Å². The molecular formula is C32H59N8P. The SMILES string of the molecule is C1CCC2C3NC(NC4NC(NC5NC(NC6NC(N3)C3CCCCC63)C3CCCCC53)C3CCCCC43)C2C1.P. The number of hydrogen-bond donors (Lipinski definition) is 8. The lowest BCUT2D eigenvalue weighted by Gasteiger charge is -2.35. The van der Waals surface area contributed by atoms with Crippen LogP contribution in [0.1, 0.15) is 103 Å². The van der Waals surface area contributed by atoms with Crippen LogP contribution in [0.2, 0.25) is 0 Å². The number of fused-ring (bicyclic) bond motifs is 20. The molecular weight excluding hydrogens is 527 g/mol. The minimum Gasteiger partial charge on any atom is -0.286 e. The highest BCUT2D eigenvalue weighted by Crippen LogP contribution is 2.45. The molecule has 9 aliphatic rings. The average molecular weight is 587 g/mol. The molecule has 8 nitrogen and oxygen atoms in total. The molecule has 0 aromatic carbocycles. The molecule has 0 amide bonds. The molecule has 5 aliphatic heterocycles. The highest BCUT2D eigenvalue weighted by molar-refractivity contribution is 6.92. The van der Waals surface area contributed by atoms with Gasteiger partial charge in [-0.05, 0) is 98.7 Å². The van der Waals surface area contributed by atoms with E-state index in [1.54, 1.807) is 0 Å². The molecule has 9 heteroatoms. The molecule has 4 saturated carbocycles. The predicted octanol–water partition coefficient (Wildman–Crippen LogP) is 2.66. The largest absolute Gasteiger partial charge is 0.286 e. The van der Waals surface area contributed by atoms with E-state index in [4.69, 9.17) is 0 Å². The van der Waals surface area contributed by atoms with Crippen molar-refractivity contribution in [2.75, 3.05) is 0 Å². The maximum absolute atomic E-state index is 4.26. The van der Waals surface area contributed by atoms with E-state index in [2.05, 4.69) is 42.5 Å². The van der Waals surface area contributed by atoms with Gasteiger partial charge in [0.05, 0.1) is 49.3 Å². The Morgan fingerprint density at radius 2 is 0.341 bits per heavy atom. The van der Waals surface area contributed by atoms with Crippen LogP contribution in [0.5, 0.6) is 0 Å². The van der Waals surface area contributed by atoms with Crippen molar-refractivity contribution in [1.82, 2.24) is 42.5 Å². The van der Waals surface area contributed by atoms with E-state index in [1.807, 2.05) is 0 Å². The Morgan fingerprint density at radius 1 is 0.220 bits per heavy atom. The van der Waals surface area contributed by atoms with Crippen molar-refractivity contribution in [3.05, 3.63) is 0 Å². The molecule has 8 N–H and O–H groups in total. The fourth-order valence-corrected chi connectivity index (χ4v) is 12.0. The quantitative estimate of drug-likeness (QED) is 0.206. The highest BCUT2D eigenvalue weighted by Gasteiger charge is 2.54. The Hall–Kier alpha value is 0.110. The maximum Gasteiger partial charge on any atom is 0.0628 e. The van der Waals surface area contributed by atoms with Crippen LogP contribution in [0, 0.1) is 47.3 Å². The molecule has 0 aromatic heterocycles. The molecule has 4 aliphatic carbocycles. The van der Waals surface area contributed by atoms with Gasteiger partial charge in [0.15, 0.2) is 0 Å². The zero-order valence-electron chi connectivity index (χ0n) is 25.3. The Balaban J connectivity index is 0.00000256. The van der Waals surface area contributed by atoms with Gasteiger partial charge in [0, 0.05) is 0 Å². The minimum atomic E-state index is 0. The maximum atomic E-state index is 4.26. The fourth-order valence-electron chi connectivity index (χ4n) is 12.0. The molecule has 232 valence electrons. The van der Waals surface area contributed by atoms with Crippen LogP contribution in [0.15, 0.2) is 0 Å². The van der Waals surface area contributed by atoms with E-state index >= 15 is 0 Å². The van der Waals surface area contributed by atoms with Crippen LogP contribution in [-0.2, 0) is 0 Å². The van der Waals surface area contributed by atoms with Gasteiger partial charge in [0.2, 0.25) is 0 Å². The second-order valence-electron chi connectivity index (χ2n) is 15.6. The summed E-state index contributed by atoms with van der Waals surface area (Å²) in [6.07, 6.45) is 25.6. The molecule has 5 saturated heterocycles. The zero-order valence-corrected chi connectivity index (χ0v) is 26.7. The van der Waals surface area contributed by atoms with Crippen LogP contribution < -0.4 is 42.5 Å². The lowest BCUT2D eigenvalue weighted by atomic mass is 9.76. The third-order valence-electron chi connectivity index (χ3n) is 13.8. The summed E-state index contributed by atoms with van der Waals surface area (Å²) in [5, 5.41) is 33.8. The zero-order chi connectivity index (χ0) is 26.2. The standard InChI is InChI=1S/C32H56N8.H3P/c1-2-10-18-17(9-1)25-33-26(18)38-28-21-13-5-6-14-22(21)30(35-28)40-32-24-16-8-7-15-23(24)31(36-32)39-29-20-12-4-3-11-19(20)27(34-29)37-25;/h17-40H,1-16H2;1H3. The minimum absolute atomic E-state index is 0. The van der Waals surface area contributed by atoms with Crippen molar-refractivity contribution in [2.24, 2.45) is 47.3 Å². The molecule has 9 unspecified atom stereocenters. The van der Waals surface area contributed by atoms with Gasteiger partial charge in [-0.3, -0.25) is 42.5 Å². The van der Waals surface area contributed by atoms with Gasteiger partial charge >= 0.3 is 0 Å². The second kappa shape index (κ2) is 11.8. The number of nitrogens with one attached hydrogen (secondary N) is 8. The van der Waals surface area contributed by atoms with Crippen molar-refractivity contribution < 1.29 is 0 Å². The lowest BCUT2D eigenvalue weighted by Crippen LogP contribution is -2.61. The van der Waals surface area contributed by atoms with Crippen molar-refractivity contribution in [3.63, 3.8) is 0 Å². The second-order valence-corrected chi connectivity index (χ2v) is 15.6.